The Bertz CT molecular complexity index is 299. The van der Waals surface area contributed by atoms with E-state index in [9.17, 15) is 0 Å². The van der Waals surface area contributed by atoms with Crippen LogP contribution in [0.2, 0.25) is 0 Å². The molecule has 1 aromatic rings. The van der Waals surface area contributed by atoms with Crippen LogP contribution in [0.1, 0.15) is 43.0 Å². The summed E-state index contributed by atoms with van der Waals surface area (Å²) in [6.45, 7) is 0.315. The summed E-state index contributed by atoms with van der Waals surface area (Å²) in [5.41, 5.74) is 0. The minimum absolute atomic E-state index is 0.315. The molecule has 1 fully saturated rings. The predicted molar refractivity (Wildman–Crippen MR) is 63.5 cm³/mol. The highest BCUT2D eigenvalue weighted by molar-refractivity contribution is 8.01. The predicted octanol–water partition coefficient (Wildman–Crippen LogP) is 2.67. The van der Waals surface area contributed by atoms with E-state index < -0.39 is 0 Å². The lowest BCUT2D eigenvalue weighted by Gasteiger charge is -1.96. The van der Waals surface area contributed by atoms with Gasteiger partial charge in [-0.25, -0.2) is 0 Å². The summed E-state index contributed by atoms with van der Waals surface area (Å²) in [5, 5.41) is 18.2. The van der Waals surface area contributed by atoms with E-state index in [0.717, 1.165) is 35.3 Å². The van der Waals surface area contributed by atoms with E-state index in [0.29, 0.717) is 6.61 Å². The molecular weight excluding hydrogens is 228 g/mol. The van der Waals surface area contributed by atoms with Crippen LogP contribution in [-0.4, -0.2) is 27.7 Å². The van der Waals surface area contributed by atoms with Gasteiger partial charge in [-0.05, 0) is 25.7 Å². The third-order valence-electron chi connectivity index (χ3n) is 2.38. The molecule has 1 N–H and O–H groups in total. The molecule has 0 atom stereocenters. The third kappa shape index (κ3) is 3.74. The van der Waals surface area contributed by atoms with Crippen LogP contribution in [0.5, 0.6) is 0 Å². The number of nitrogens with zero attached hydrogens (tertiary/aromatic N) is 2. The van der Waals surface area contributed by atoms with Crippen LogP contribution in [0, 0.1) is 0 Å². The van der Waals surface area contributed by atoms with Crippen molar-refractivity contribution in [1.29, 1.82) is 0 Å². The minimum atomic E-state index is 0.315. The maximum Gasteiger partial charge on any atom is 0.174 e. The molecule has 1 aromatic heterocycles. The highest BCUT2D eigenvalue weighted by Crippen LogP contribution is 2.42. The molecule has 0 saturated heterocycles. The maximum atomic E-state index is 8.63. The molecule has 1 heterocycles. The van der Waals surface area contributed by atoms with E-state index in [-0.39, 0.29) is 0 Å². The van der Waals surface area contributed by atoms with E-state index in [1.807, 2.05) is 0 Å². The van der Waals surface area contributed by atoms with Crippen LogP contribution in [-0.2, 0) is 0 Å². The van der Waals surface area contributed by atoms with Crippen molar-refractivity contribution in [3.63, 3.8) is 0 Å². The summed E-state index contributed by atoms with van der Waals surface area (Å²) in [7, 11) is 0. The zero-order valence-electron chi connectivity index (χ0n) is 8.69. The molecule has 0 amide bonds. The van der Waals surface area contributed by atoms with Gasteiger partial charge in [-0.1, -0.05) is 29.5 Å². The van der Waals surface area contributed by atoms with Crippen molar-refractivity contribution in [3.8, 4) is 0 Å². The molecule has 0 radical (unpaired) electrons. The summed E-state index contributed by atoms with van der Waals surface area (Å²) < 4.78 is 1.11. The van der Waals surface area contributed by atoms with Crippen LogP contribution < -0.4 is 0 Å². The van der Waals surface area contributed by atoms with Crippen molar-refractivity contribution in [1.82, 2.24) is 10.2 Å². The fourth-order valence-corrected chi connectivity index (χ4v) is 3.43. The largest absolute Gasteiger partial charge is 0.396 e. The van der Waals surface area contributed by atoms with Crippen LogP contribution in [0.3, 0.4) is 0 Å². The molecular formula is C10H16N2OS2. The second-order valence-corrected chi connectivity index (χ2v) is 6.16. The highest BCUT2D eigenvalue weighted by Gasteiger charge is 2.27. The first kappa shape index (κ1) is 11.4. The van der Waals surface area contributed by atoms with Crippen molar-refractivity contribution >= 4 is 23.1 Å². The van der Waals surface area contributed by atoms with Gasteiger partial charge in [-0.15, -0.1) is 10.2 Å². The van der Waals surface area contributed by atoms with Gasteiger partial charge in [0.2, 0.25) is 0 Å². The molecule has 0 aliphatic heterocycles. The Balaban J connectivity index is 1.64. The molecule has 5 heteroatoms. The number of unbranched alkanes of at least 4 members (excludes halogenated alkanes) is 2. The molecule has 2 rings (SSSR count). The molecule has 1 saturated carbocycles. The van der Waals surface area contributed by atoms with Gasteiger partial charge in [0.25, 0.3) is 0 Å². The monoisotopic (exact) mass is 244 g/mol. The van der Waals surface area contributed by atoms with Crippen LogP contribution in [0.4, 0.5) is 0 Å². The second-order valence-electron chi connectivity index (χ2n) is 3.81. The summed E-state index contributed by atoms with van der Waals surface area (Å²) in [6, 6.07) is 0. The lowest BCUT2D eigenvalue weighted by atomic mass is 10.3. The normalized spacial score (nSPS) is 15.8. The number of thioether (sulfide) groups is 1. The van der Waals surface area contributed by atoms with Crippen LogP contribution in [0.15, 0.2) is 4.34 Å². The van der Waals surface area contributed by atoms with Crippen molar-refractivity contribution < 1.29 is 5.11 Å². The van der Waals surface area contributed by atoms with Crippen molar-refractivity contribution in [3.05, 3.63) is 5.01 Å². The molecule has 84 valence electrons. The Morgan fingerprint density at radius 1 is 1.27 bits per heavy atom. The number of aliphatic hydroxyl groups is 1. The molecule has 3 nitrogen and oxygen atoms in total. The molecule has 0 unspecified atom stereocenters. The van der Waals surface area contributed by atoms with E-state index in [1.54, 1.807) is 23.1 Å². The van der Waals surface area contributed by atoms with Crippen LogP contribution in [0.25, 0.3) is 0 Å². The van der Waals surface area contributed by atoms with Crippen molar-refractivity contribution in [2.75, 3.05) is 12.4 Å². The smallest absolute Gasteiger partial charge is 0.174 e. The Labute approximate surface area is 98.3 Å². The van der Waals surface area contributed by atoms with Gasteiger partial charge in [-0.2, -0.15) is 0 Å². The Morgan fingerprint density at radius 2 is 2.13 bits per heavy atom. The molecule has 15 heavy (non-hydrogen) atoms. The van der Waals surface area contributed by atoms with Gasteiger partial charge in [0.1, 0.15) is 5.01 Å². The number of rotatable bonds is 7. The Hall–Kier alpha value is -0.130. The van der Waals surface area contributed by atoms with Gasteiger partial charge in [0, 0.05) is 18.3 Å². The average molecular weight is 244 g/mol. The molecule has 1 aliphatic carbocycles. The SMILES string of the molecule is OCCCCCSc1nnc(C2CC2)s1. The van der Waals surface area contributed by atoms with Gasteiger partial charge in [0.05, 0.1) is 0 Å². The van der Waals surface area contributed by atoms with E-state index in [1.165, 1.54) is 17.8 Å². The Kier molecular flexibility index (Phi) is 4.41. The van der Waals surface area contributed by atoms with E-state index >= 15 is 0 Å². The number of hydrogen-bond acceptors (Lipinski definition) is 5. The van der Waals surface area contributed by atoms with Crippen molar-refractivity contribution in [2.24, 2.45) is 0 Å². The third-order valence-corrected chi connectivity index (χ3v) is 4.68. The highest BCUT2D eigenvalue weighted by atomic mass is 32.2. The van der Waals surface area contributed by atoms with Gasteiger partial charge >= 0.3 is 0 Å². The first-order valence-electron chi connectivity index (χ1n) is 5.47. The lowest BCUT2D eigenvalue weighted by Crippen LogP contribution is -1.85. The summed E-state index contributed by atoms with van der Waals surface area (Å²) in [4.78, 5) is 0. The summed E-state index contributed by atoms with van der Waals surface area (Å²) in [6.07, 6.45) is 5.79. The number of aliphatic hydroxyl groups excluding tert-OH is 1. The van der Waals surface area contributed by atoms with E-state index in [2.05, 4.69) is 10.2 Å². The standard InChI is InChI=1S/C10H16N2OS2/c13-6-2-1-3-7-14-10-12-11-9(15-10)8-4-5-8/h8,13H,1-7H2. The fraction of sp³-hybridized carbons (Fsp3) is 0.800. The zero-order valence-corrected chi connectivity index (χ0v) is 10.3. The topological polar surface area (TPSA) is 46.0 Å². The molecule has 0 bridgehead atoms. The van der Waals surface area contributed by atoms with Crippen molar-refractivity contribution in [2.45, 2.75) is 42.4 Å². The lowest BCUT2D eigenvalue weighted by molar-refractivity contribution is 0.284. The maximum absolute atomic E-state index is 8.63. The quantitative estimate of drug-likeness (QED) is 0.591. The minimum Gasteiger partial charge on any atom is -0.396 e. The van der Waals surface area contributed by atoms with Gasteiger partial charge in [-0.3, -0.25) is 0 Å². The average Bonchev–Trinajstić information content (AvgIpc) is 2.99. The number of hydrogen-bond donors (Lipinski definition) is 1. The number of aromatic nitrogens is 2. The van der Waals surface area contributed by atoms with E-state index in [4.69, 9.17) is 5.11 Å². The second kappa shape index (κ2) is 5.82. The first-order chi connectivity index (χ1) is 7.40. The zero-order chi connectivity index (χ0) is 10.5. The molecule has 0 aromatic carbocycles. The fourth-order valence-electron chi connectivity index (χ4n) is 1.32. The summed E-state index contributed by atoms with van der Waals surface area (Å²) in [5.74, 6) is 1.82. The molecule has 1 aliphatic rings. The van der Waals surface area contributed by atoms with Gasteiger partial charge < -0.3 is 5.11 Å². The summed E-state index contributed by atoms with van der Waals surface area (Å²) >= 11 is 3.56. The Morgan fingerprint density at radius 3 is 2.87 bits per heavy atom. The first-order valence-corrected chi connectivity index (χ1v) is 7.27. The van der Waals surface area contributed by atoms with Crippen LogP contribution >= 0.6 is 23.1 Å². The van der Waals surface area contributed by atoms with Gasteiger partial charge in [0.15, 0.2) is 4.34 Å². The molecule has 0 spiro atoms.